The van der Waals surface area contributed by atoms with Gasteiger partial charge < -0.3 is 24.1 Å². The lowest BCUT2D eigenvalue weighted by Gasteiger charge is -2.19. The van der Waals surface area contributed by atoms with E-state index in [0.717, 1.165) is 22.3 Å². The van der Waals surface area contributed by atoms with Crippen molar-refractivity contribution in [2.24, 2.45) is 0 Å². The molecule has 2 N–H and O–H groups in total. The van der Waals surface area contributed by atoms with Crippen LogP contribution < -0.4 is 4.74 Å². The average Bonchev–Trinajstić information content (AvgIpc) is 3.35. The molecule has 1 heterocycles. The van der Waals surface area contributed by atoms with Crippen LogP contribution in [0.3, 0.4) is 0 Å². The van der Waals surface area contributed by atoms with Crippen LogP contribution in [0.25, 0.3) is 17.2 Å². The van der Waals surface area contributed by atoms with Gasteiger partial charge in [0.1, 0.15) is 23.9 Å². The molecule has 0 amide bonds. The van der Waals surface area contributed by atoms with Gasteiger partial charge in [-0.2, -0.15) is 0 Å². The molecule has 0 saturated carbocycles. The summed E-state index contributed by atoms with van der Waals surface area (Å²) in [5.74, 6) is 0.598. The standard InChI is InChI=1S/C29H33FO6/c1-4-34-29(33)15-23(32)14-22(31)11-12-26-27(19(2)3)16-25(36-18-24-6-5-13-35-24)17-28(26)20-7-9-21(30)10-8-20/h5-13,16-17,19,22-23,31-32H,4,14-15,18H2,1-3H3. The first kappa shape index (κ1) is 27.2. The van der Waals surface area contributed by atoms with Crippen molar-refractivity contribution >= 4 is 12.0 Å². The molecular weight excluding hydrogens is 463 g/mol. The van der Waals surface area contributed by atoms with Gasteiger partial charge in [-0.15, -0.1) is 0 Å². The van der Waals surface area contributed by atoms with E-state index in [4.69, 9.17) is 13.9 Å². The van der Waals surface area contributed by atoms with E-state index in [-0.39, 0.29) is 37.8 Å². The Morgan fingerprint density at radius 3 is 2.53 bits per heavy atom. The smallest absolute Gasteiger partial charge is 0.308 e. The Morgan fingerprint density at radius 2 is 1.89 bits per heavy atom. The highest BCUT2D eigenvalue weighted by Crippen LogP contribution is 2.36. The maximum atomic E-state index is 13.6. The number of carbonyl (C=O) groups is 1. The highest BCUT2D eigenvalue weighted by Gasteiger charge is 2.17. The third-order valence-corrected chi connectivity index (χ3v) is 5.63. The number of rotatable bonds is 12. The number of hydrogen-bond acceptors (Lipinski definition) is 6. The number of ether oxygens (including phenoxy) is 2. The number of halogens is 1. The summed E-state index contributed by atoms with van der Waals surface area (Å²) in [6.07, 6.45) is 2.78. The topological polar surface area (TPSA) is 89.1 Å². The van der Waals surface area contributed by atoms with E-state index in [2.05, 4.69) is 13.8 Å². The third-order valence-electron chi connectivity index (χ3n) is 5.63. The number of esters is 1. The van der Waals surface area contributed by atoms with Gasteiger partial charge in [0.25, 0.3) is 0 Å². The van der Waals surface area contributed by atoms with Crippen LogP contribution in [0.4, 0.5) is 4.39 Å². The highest BCUT2D eigenvalue weighted by molar-refractivity contribution is 5.79. The van der Waals surface area contributed by atoms with E-state index in [1.165, 1.54) is 12.1 Å². The molecular formula is C29H33FO6. The van der Waals surface area contributed by atoms with E-state index >= 15 is 0 Å². The molecule has 2 unspecified atom stereocenters. The fourth-order valence-electron chi connectivity index (χ4n) is 3.87. The normalized spacial score (nSPS) is 13.2. The van der Waals surface area contributed by atoms with E-state index < -0.39 is 18.2 Å². The molecule has 0 bridgehead atoms. The predicted octanol–water partition coefficient (Wildman–Crippen LogP) is 5.87. The number of hydrogen-bond donors (Lipinski definition) is 2. The van der Waals surface area contributed by atoms with Gasteiger partial charge in [0, 0.05) is 6.42 Å². The molecule has 3 rings (SSSR count). The zero-order valence-electron chi connectivity index (χ0n) is 20.8. The molecule has 36 heavy (non-hydrogen) atoms. The molecule has 0 aliphatic carbocycles. The van der Waals surface area contributed by atoms with E-state index in [0.29, 0.717) is 11.5 Å². The summed E-state index contributed by atoms with van der Waals surface area (Å²) in [5.41, 5.74) is 3.42. The van der Waals surface area contributed by atoms with E-state index in [1.54, 1.807) is 43.5 Å². The van der Waals surface area contributed by atoms with Crippen LogP contribution in [-0.4, -0.2) is 35.0 Å². The summed E-state index contributed by atoms with van der Waals surface area (Å²) in [7, 11) is 0. The van der Waals surface area contributed by atoms with Crippen molar-refractivity contribution in [1.29, 1.82) is 0 Å². The zero-order valence-corrected chi connectivity index (χ0v) is 20.8. The van der Waals surface area contributed by atoms with Crippen molar-refractivity contribution < 1.29 is 33.3 Å². The molecule has 2 atom stereocenters. The summed E-state index contributed by atoms with van der Waals surface area (Å²) in [6, 6.07) is 13.6. The van der Waals surface area contributed by atoms with Crippen molar-refractivity contribution in [3.63, 3.8) is 0 Å². The summed E-state index contributed by atoms with van der Waals surface area (Å²) >= 11 is 0. The Morgan fingerprint density at radius 1 is 1.14 bits per heavy atom. The van der Waals surface area contributed by atoms with Crippen LogP contribution in [0.5, 0.6) is 5.75 Å². The first-order valence-electron chi connectivity index (χ1n) is 12.1. The number of benzene rings is 2. The second kappa shape index (κ2) is 13.0. The van der Waals surface area contributed by atoms with Crippen molar-refractivity contribution in [3.8, 4) is 16.9 Å². The van der Waals surface area contributed by atoms with Gasteiger partial charge >= 0.3 is 5.97 Å². The van der Waals surface area contributed by atoms with Crippen molar-refractivity contribution in [2.75, 3.05) is 6.61 Å². The van der Waals surface area contributed by atoms with Gasteiger partial charge in [0.2, 0.25) is 0 Å². The fourth-order valence-corrected chi connectivity index (χ4v) is 3.87. The van der Waals surface area contributed by atoms with Gasteiger partial charge in [0.15, 0.2) is 0 Å². The Balaban J connectivity index is 1.91. The molecule has 1 aromatic heterocycles. The summed E-state index contributed by atoms with van der Waals surface area (Å²) < 4.78 is 29.9. The second-order valence-corrected chi connectivity index (χ2v) is 8.83. The monoisotopic (exact) mass is 496 g/mol. The molecule has 3 aromatic rings. The quantitative estimate of drug-likeness (QED) is 0.305. The number of aliphatic hydroxyl groups excluding tert-OH is 2. The van der Waals surface area contributed by atoms with E-state index in [9.17, 15) is 19.4 Å². The lowest BCUT2D eigenvalue weighted by atomic mass is 9.89. The molecule has 7 heteroatoms. The minimum absolute atomic E-state index is 0.0114. The van der Waals surface area contributed by atoms with Crippen LogP contribution >= 0.6 is 0 Å². The Kier molecular flexibility index (Phi) is 9.85. The molecule has 0 aliphatic heterocycles. The number of carbonyl (C=O) groups excluding carboxylic acids is 1. The van der Waals surface area contributed by atoms with Gasteiger partial charge in [-0.3, -0.25) is 4.79 Å². The van der Waals surface area contributed by atoms with Crippen LogP contribution in [-0.2, 0) is 16.1 Å². The van der Waals surface area contributed by atoms with Crippen LogP contribution in [0.1, 0.15) is 56.4 Å². The molecule has 0 spiro atoms. The van der Waals surface area contributed by atoms with Gasteiger partial charge in [-0.05, 0) is 71.5 Å². The predicted molar refractivity (Wildman–Crippen MR) is 136 cm³/mol. The number of furan rings is 1. The van der Waals surface area contributed by atoms with Crippen LogP contribution in [0.15, 0.2) is 65.3 Å². The molecule has 0 fully saturated rings. The average molecular weight is 497 g/mol. The highest BCUT2D eigenvalue weighted by atomic mass is 19.1. The first-order chi connectivity index (χ1) is 17.3. The lowest BCUT2D eigenvalue weighted by Crippen LogP contribution is -2.20. The Hall–Kier alpha value is -3.42. The van der Waals surface area contributed by atoms with Gasteiger partial charge in [0.05, 0.1) is 31.5 Å². The Labute approximate surface area is 211 Å². The van der Waals surface area contributed by atoms with Gasteiger partial charge in [-0.25, -0.2) is 4.39 Å². The third kappa shape index (κ3) is 7.80. The lowest BCUT2D eigenvalue weighted by molar-refractivity contribution is -0.145. The maximum Gasteiger partial charge on any atom is 0.308 e. The molecule has 0 radical (unpaired) electrons. The van der Waals surface area contributed by atoms with Crippen molar-refractivity contribution in [2.45, 2.75) is 58.3 Å². The largest absolute Gasteiger partial charge is 0.486 e. The van der Waals surface area contributed by atoms with E-state index in [1.807, 2.05) is 18.2 Å². The molecule has 0 saturated heterocycles. The van der Waals surface area contributed by atoms with Crippen molar-refractivity contribution in [1.82, 2.24) is 0 Å². The number of aliphatic hydroxyl groups is 2. The van der Waals surface area contributed by atoms with Crippen LogP contribution in [0, 0.1) is 5.82 Å². The molecule has 192 valence electrons. The Bertz CT molecular complexity index is 1140. The SMILES string of the molecule is CCOC(=O)CC(O)CC(O)C=Cc1c(-c2ccc(F)cc2)cc(OCc2ccco2)cc1C(C)C. The van der Waals surface area contributed by atoms with Crippen molar-refractivity contribution in [3.05, 3.63) is 83.6 Å². The molecule has 2 aromatic carbocycles. The minimum atomic E-state index is -1.03. The molecule has 6 nitrogen and oxygen atoms in total. The summed E-state index contributed by atoms with van der Waals surface area (Å²) in [6.45, 7) is 6.30. The van der Waals surface area contributed by atoms with Crippen LogP contribution in [0.2, 0.25) is 0 Å². The first-order valence-corrected chi connectivity index (χ1v) is 12.1. The summed E-state index contributed by atoms with van der Waals surface area (Å²) in [4.78, 5) is 11.6. The summed E-state index contributed by atoms with van der Waals surface area (Å²) in [5, 5.41) is 20.6. The second-order valence-electron chi connectivity index (χ2n) is 8.83. The molecule has 0 aliphatic rings. The minimum Gasteiger partial charge on any atom is -0.486 e. The zero-order chi connectivity index (χ0) is 26.1. The van der Waals surface area contributed by atoms with Gasteiger partial charge in [-0.1, -0.05) is 38.1 Å². The fraction of sp³-hybridized carbons (Fsp3) is 0.345. The maximum absolute atomic E-state index is 13.6.